The fourth-order valence-electron chi connectivity index (χ4n) is 12.4. The molecule has 0 spiro atoms. The molecule has 0 unspecified atom stereocenters. The first-order chi connectivity index (χ1) is 36.3. The number of ketones is 1. The van der Waals surface area contributed by atoms with Crippen LogP contribution in [0.4, 0.5) is 4.79 Å². The van der Waals surface area contributed by atoms with Crippen LogP contribution in [0.1, 0.15) is 131 Å². The molecule has 1 amide bonds. The number of aromatic carboxylic acids is 1. The molecule has 0 saturated carbocycles. The Labute approximate surface area is 454 Å². The Morgan fingerprint density at radius 3 is 2.25 bits per heavy atom. The van der Waals surface area contributed by atoms with Crippen LogP contribution in [0.2, 0.25) is 0 Å². The molecule has 4 N–H and O–H groups in total. The van der Waals surface area contributed by atoms with Gasteiger partial charge >= 0.3 is 18.0 Å². The zero-order chi connectivity index (χ0) is 56.9. The second kappa shape index (κ2) is 26.0. The second-order valence-electron chi connectivity index (χ2n) is 22.9. The van der Waals surface area contributed by atoms with Crippen molar-refractivity contribution in [3.05, 3.63) is 39.8 Å². The number of esters is 1. The number of carboxylic acid groups (broad SMARTS) is 1. The number of fused-ring (bicyclic) bond motifs is 2. The number of aromatic nitrogens is 2. The lowest BCUT2D eigenvalue weighted by molar-refractivity contribution is -0.322. The molecule has 0 aliphatic carbocycles. The molecule has 21 nitrogen and oxygen atoms in total. The summed E-state index contributed by atoms with van der Waals surface area (Å²) in [6, 6.07) is 0.610. The summed E-state index contributed by atoms with van der Waals surface area (Å²) in [5.74, 6) is -5.17. The van der Waals surface area contributed by atoms with Gasteiger partial charge in [-0.25, -0.2) is 14.6 Å². The number of Topliss-reactive ketones (excluding diaryl/α,β-unsaturated/α-hetero) is 1. The maximum Gasteiger partial charge on any atom is 0.408 e. The van der Waals surface area contributed by atoms with Gasteiger partial charge in [-0.1, -0.05) is 27.7 Å². The van der Waals surface area contributed by atoms with Crippen LogP contribution in [-0.2, 0) is 65.2 Å². The lowest BCUT2D eigenvalue weighted by Gasteiger charge is -2.50. The van der Waals surface area contributed by atoms with E-state index in [9.17, 15) is 34.2 Å². The second-order valence-corrected chi connectivity index (χ2v) is 22.9. The van der Waals surface area contributed by atoms with Crippen molar-refractivity contribution in [2.24, 2.45) is 23.7 Å². The van der Waals surface area contributed by atoms with Crippen molar-refractivity contribution in [2.45, 2.75) is 212 Å². The van der Waals surface area contributed by atoms with Crippen molar-refractivity contribution >= 4 is 34.8 Å². The number of nitrogens with one attached hydrogen (secondary N) is 2. The van der Waals surface area contributed by atoms with E-state index in [0.717, 1.165) is 12.0 Å². The van der Waals surface area contributed by atoms with Gasteiger partial charge in [0.15, 0.2) is 18.2 Å². The van der Waals surface area contributed by atoms with Crippen LogP contribution in [0.3, 0.4) is 0 Å². The minimum atomic E-state index is -1.39. The standard InChI is InChI=1S/C56H89N5O16/c1-16-40-56(11)46(59-53(68)77-56)32(5)42(62)30(3)26-54(9,69-14)47(76-52-44(64)39(60(12)13)24-31(4)72-52)33(6)45(34(7)51(67)74-40)75-41-27-55(10,70-15)48(35(8)73-41)71-23-19-22-57-21-18-20-36-25-37-43(63)38(50(65)66)29-61(17-2)49(37)58-28-36/h25,28-35,39-41,44-48,52,57,64H,16-24,26-27H2,1-15H3,(H,59,68)(H,65,66)/t30-,31-,32-,33+,34-,35+,39+,40-,41+,44-,45+,46-,47-,48+,52+,54-,55-,56-/m1/s1. The van der Waals surface area contributed by atoms with Gasteiger partial charge in [0.05, 0.1) is 53.0 Å². The molecule has 77 heavy (non-hydrogen) atoms. The number of carbonyl (C=O) groups excluding carboxylic acids is 3. The topological polar surface area (TPSA) is 254 Å². The van der Waals surface area contributed by atoms with Gasteiger partial charge in [-0.3, -0.25) is 14.4 Å². The van der Waals surface area contributed by atoms with Gasteiger partial charge < -0.3 is 72.9 Å². The Bertz CT molecular complexity index is 2420. The monoisotopic (exact) mass is 1090 g/mol. The molecule has 18 atom stereocenters. The van der Waals surface area contributed by atoms with Gasteiger partial charge in [0, 0.05) is 70.0 Å². The van der Waals surface area contributed by atoms with Crippen molar-refractivity contribution < 1.29 is 72.0 Å². The van der Waals surface area contributed by atoms with E-state index in [4.69, 9.17) is 42.6 Å². The molecule has 2 aromatic heterocycles. The number of pyridine rings is 2. The smallest absolute Gasteiger partial charge is 0.408 e. The molecule has 2 aromatic rings. The van der Waals surface area contributed by atoms with E-state index in [1.807, 2.05) is 74.4 Å². The number of methoxy groups -OCH3 is 2. The zero-order valence-electron chi connectivity index (χ0n) is 48.1. The van der Waals surface area contributed by atoms with Gasteiger partial charge in [-0.05, 0) is 126 Å². The number of hydrogen-bond acceptors (Lipinski definition) is 18. The van der Waals surface area contributed by atoms with Gasteiger partial charge in [0.1, 0.15) is 35.3 Å². The number of carboxylic acids is 1. The molecule has 0 aromatic carbocycles. The highest BCUT2D eigenvalue weighted by Crippen LogP contribution is 2.43. The van der Waals surface area contributed by atoms with Crippen molar-refractivity contribution in [3.63, 3.8) is 0 Å². The zero-order valence-corrected chi connectivity index (χ0v) is 48.1. The maximum atomic E-state index is 14.8. The highest BCUT2D eigenvalue weighted by Gasteiger charge is 2.58. The third-order valence-corrected chi connectivity index (χ3v) is 17.0. The summed E-state index contributed by atoms with van der Waals surface area (Å²) in [7, 11) is 6.95. The summed E-state index contributed by atoms with van der Waals surface area (Å²) in [5.41, 5.74) is -3.08. The highest BCUT2D eigenvalue weighted by atomic mass is 16.7. The minimum absolute atomic E-state index is 0.149. The summed E-state index contributed by atoms with van der Waals surface area (Å²) in [5, 5.41) is 28.0. The van der Waals surface area contributed by atoms with Crippen LogP contribution in [0.25, 0.3) is 11.0 Å². The number of alkyl carbamates (subject to hydrolysis) is 1. The number of cyclic esters (lactones) is 1. The molecule has 4 saturated heterocycles. The molecule has 21 heteroatoms. The molecule has 434 valence electrons. The van der Waals surface area contributed by atoms with Crippen LogP contribution in [0.15, 0.2) is 23.3 Å². The average Bonchev–Trinajstić information content (AvgIpc) is 3.74. The molecular formula is C56H89N5O16. The normalized spacial score (nSPS) is 37.5. The Balaban J connectivity index is 1.19. The van der Waals surface area contributed by atoms with E-state index in [0.29, 0.717) is 56.5 Å². The summed E-state index contributed by atoms with van der Waals surface area (Å²) >= 11 is 0. The summed E-state index contributed by atoms with van der Waals surface area (Å²) in [6.45, 7) is 22.4. The number of likely N-dealkylation sites (N-methyl/N-ethyl adjacent to an activating group) is 1. The average molecular weight is 1090 g/mol. The molecule has 4 fully saturated rings. The molecule has 6 rings (SSSR count). The van der Waals surface area contributed by atoms with E-state index in [-0.39, 0.29) is 42.8 Å². The lowest BCUT2D eigenvalue weighted by Crippen LogP contribution is -2.61. The van der Waals surface area contributed by atoms with E-state index >= 15 is 0 Å². The first-order valence-corrected chi connectivity index (χ1v) is 27.7. The van der Waals surface area contributed by atoms with E-state index in [1.54, 1.807) is 51.8 Å². The number of hydrogen-bond donors (Lipinski definition) is 4. The van der Waals surface area contributed by atoms with E-state index < -0.39 is 119 Å². The number of aliphatic hydroxyl groups excluding tert-OH is 1. The van der Waals surface area contributed by atoms with E-state index in [1.165, 1.54) is 6.20 Å². The first-order valence-electron chi connectivity index (χ1n) is 27.7. The Kier molecular flexibility index (Phi) is 20.9. The number of ether oxygens (including phenoxy) is 9. The lowest BCUT2D eigenvalue weighted by atomic mass is 9.73. The first kappa shape index (κ1) is 62.0. The maximum absolute atomic E-state index is 14.8. The van der Waals surface area contributed by atoms with Gasteiger partial charge in [-0.2, -0.15) is 0 Å². The number of amides is 1. The molecule has 0 bridgehead atoms. The predicted molar refractivity (Wildman–Crippen MR) is 284 cm³/mol. The molecule has 0 radical (unpaired) electrons. The largest absolute Gasteiger partial charge is 0.477 e. The molecule has 4 aliphatic heterocycles. The van der Waals surface area contributed by atoms with Crippen LogP contribution >= 0.6 is 0 Å². The fourth-order valence-corrected chi connectivity index (χ4v) is 12.4. The van der Waals surface area contributed by atoms with Crippen LogP contribution in [-0.4, -0.2) is 181 Å². The third kappa shape index (κ3) is 13.5. The molecule has 6 heterocycles. The SMILES string of the molecule is CC[C@H]1OC(=O)[C@H](C)[C@@H](O[C@H]2C[C@@](C)(OC)[C@@H](OCCCNCCCc3cnc4c(c3)c(=O)c(C(=O)O)cn4CC)[C@H](C)O2)[C@H](C)[C@@H](O[C@@H]2O[C@H](C)C[C@H](N(C)C)[C@H]2O)[C@](C)(OC)C[C@@H](C)C(=O)[C@@H](C)[C@H]2NC(=O)O[C@@]21C. The predicted octanol–water partition coefficient (Wildman–Crippen LogP) is 5.26. The minimum Gasteiger partial charge on any atom is -0.477 e. The molecule has 4 aliphatic rings. The Morgan fingerprint density at radius 1 is 0.935 bits per heavy atom. The van der Waals surface area contributed by atoms with Crippen molar-refractivity contribution in [1.29, 1.82) is 0 Å². The number of aryl methyl sites for hydroxylation is 2. The van der Waals surface area contributed by atoms with Crippen LogP contribution in [0, 0.1) is 23.7 Å². The van der Waals surface area contributed by atoms with Crippen molar-refractivity contribution in [1.82, 2.24) is 25.1 Å². The summed E-state index contributed by atoms with van der Waals surface area (Å²) in [6.07, 6.45) is -1.77. The Hall–Kier alpha value is -4.16. The number of carbonyl (C=O) groups is 4. The Morgan fingerprint density at radius 2 is 1.61 bits per heavy atom. The number of rotatable bonds is 19. The van der Waals surface area contributed by atoms with Crippen molar-refractivity contribution in [3.8, 4) is 0 Å². The van der Waals surface area contributed by atoms with Gasteiger partial charge in [-0.15, -0.1) is 0 Å². The number of nitrogens with zero attached hydrogens (tertiary/aromatic N) is 3. The van der Waals surface area contributed by atoms with Crippen molar-refractivity contribution in [2.75, 3.05) is 48.0 Å². The van der Waals surface area contributed by atoms with Gasteiger partial charge in [0.2, 0.25) is 5.43 Å². The van der Waals surface area contributed by atoms with E-state index in [2.05, 4.69) is 15.6 Å². The third-order valence-electron chi connectivity index (χ3n) is 17.0. The summed E-state index contributed by atoms with van der Waals surface area (Å²) in [4.78, 5) is 73.5. The quantitative estimate of drug-likeness (QED) is 0.103. The number of aliphatic hydroxyl groups is 1. The fraction of sp³-hybridized carbons (Fsp3) is 0.786. The van der Waals surface area contributed by atoms with Crippen LogP contribution < -0.4 is 16.1 Å². The van der Waals surface area contributed by atoms with Gasteiger partial charge in [0.25, 0.3) is 0 Å². The highest BCUT2D eigenvalue weighted by molar-refractivity contribution is 5.91. The summed E-state index contributed by atoms with van der Waals surface area (Å²) < 4.78 is 60.2. The molecular weight excluding hydrogens is 999 g/mol. The van der Waals surface area contributed by atoms with Crippen LogP contribution in [0.5, 0.6) is 0 Å².